The average Bonchev–Trinajstić information content (AvgIpc) is 3.78. The molecule has 0 amide bonds. The Morgan fingerprint density at radius 2 is 0.667 bits per heavy atom. The minimum absolute atomic E-state index is 0.0693. The van der Waals surface area contributed by atoms with Gasteiger partial charge < -0.3 is 23.7 Å². The summed E-state index contributed by atoms with van der Waals surface area (Å²) in [5, 5.41) is 0. The third-order valence-corrected chi connectivity index (χ3v) is 15.2. The lowest BCUT2D eigenvalue weighted by molar-refractivity contribution is 0.103. The second kappa shape index (κ2) is 21.5. The van der Waals surface area contributed by atoms with Crippen LogP contribution in [0, 0.1) is 6.92 Å². The first-order valence-corrected chi connectivity index (χ1v) is 25.8. The summed E-state index contributed by atoms with van der Waals surface area (Å²) in [4.78, 5) is 13.0. The van der Waals surface area contributed by atoms with E-state index in [1.165, 1.54) is 57.6 Å². The molecule has 0 unspecified atom stereocenters. The summed E-state index contributed by atoms with van der Waals surface area (Å²) < 4.78 is 54.5. The Kier molecular flexibility index (Phi) is 14.2. The molecule has 10 aromatic carbocycles. The number of ketones is 1. The van der Waals surface area contributed by atoms with Crippen molar-refractivity contribution in [3.05, 3.63) is 282 Å². The predicted molar refractivity (Wildman–Crippen MR) is 295 cm³/mol. The molecule has 75 heavy (non-hydrogen) atoms. The van der Waals surface area contributed by atoms with Gasteiger partial charge in [0.05, 0.1) is 36.5 Å². The number of rotatable bonds is 14. The highest BCUT2D eigenvalue weighted by Crippen LogP contribution is 2.56. The topological polar surface area (TPSA) is 97.4 Å². The molecule has 370 valence electrons. The quantitative estimate of drug-likeness (QED) is 0.0994. The molecule has 0 fully saturated rings. The molecular formula is C66H52O8S. The highest BCUT2D eigenvalue weighted by molar-refractivity contribution is 7.91. The lowest BCUT2D eigenvalue weighted by Gasteiger charge is -2.34. The molecule has 0 atom stereocenters. The first-order valence-electron chi connectivity index (χ1n) is 24.3. The van der Waals surface area contributed by atoms with E-state index in [1.54, 1.807) is 69.9 Å². The van der Waals surface area contributed by atoms with E-state index in [4.69, 9.17) is 23.7 Å². The van der Waals surface area contributed by atoms with Crippen LogP contribution in [0.15, 0.2) is 252 Å². The van der Waals surface area contributed by atoms with Gasteiger partial charge in [0.15, 0.2) is 5.78 Å². The molecule has 8 nitrogen and oxygen atoms in total. The SMILES string of the molecule is COc1ccc(-c2ccc(Oc3ccc(S(=O)(=O)c4ccc(Oc5ccc(C(=O)c6ccc(C)cc6)cc5)cc4)cc3)cc2)cc1.COc1ccc(C2(c3ccc(OC)cc3)c3ccccc3-c3ccccc32)cc1. The third kappa shape index (κ3) is 10.1. The lowest BCUT2D eigenvalue weighted by atomic mass is 9.68. The Labute approximate surface area is 437 Å². The second-order valence-corrected chi connectivity index (χ2v) is 19.9. The Morgan fingerprint density at radius 3 is 1.04 bits per heavy atom. The fraction of sp³-hybridized carbons (Fsp3) is 0.0758. The third-order valence-electron chi connectivity index (χ3n) is 13.4. The Bertz CT molecular complexity index is 3590. The lowest BCUT2D eigenvalue weighted by Crippen LogP contribution is -2.28. The van der Waals surface area contributed by atoms with E-state index in [9.17, 15) is 13.2 Å². The highest BCUT2D eigenvalue weighted by Gasteiger charge is 2.45. The van der Waals surface area contributed by atoms with Gasteiger partial charge in [-0.2, -0.15) is 0 Å². The maximum atomic E-state index is 13.3. The number of hydrogen-bond acceptors (Lipinski definition) is 8. The summed E-state index contributed by atoms with van der Waals surface area (Å²) >= 11 is 0. The van der Waals surface area contributed by atoms with E-state index in [2.05, 4.69) is 72.8 Å². The number of sulfone groups is 1. The summed E-state index contributed by atoms with van der Waals surface area (Å²) in [7, 11) is 1.28. The first kappa shape index (κ1) is 49.4. The van der Waals surface area contributed by atoms with Crippen LogP contribution in [-0.4, -0.2) is 35.5 Å². The van der Waals surface area contributed by atoms with Crippen LogP contribution in [0.3, 0.4) is 0 Å². The van der Waals surface area contributed by atoms with E-state index in [1.807, 2.05) is 104 Å². The predicted octanol–water partition coefficient (Wildman–Crippen LogP) is 15.4. The zero-order valence-electron chi connectivity index (χ0n) is 41.8. The van der Waals surface area contributed by atoms with Crippen molar-refractivity contribution in [3.8, 4) is 62.5 Å². The molecular weight excluding hydrogens is 953 g/mol. The van der Waals surface area contributed by atoms with Gasteiger partial charge in [0, 0.05) is 11.1 Å². The monoisotopic (exact) mass is 1000 g/mol. The summed E-state index contributed by atoms with van der Waals surface area (Å²) in [5.74, 6) is 4.60. The maximum Gasteiger partial charge on any atom is 0.206 e. The molecule has 9 heteroatoms. The number of fused-ring (bicyclic) bond motifs is 3. The molecule has 10 aromatic rings. The molecule has 0 bridgehead atoms. The number of ether oxygens (including phenoxy) is 5. The molecule has 0 heterocycles. The standard InChI is InChI=1S/C39H30O6S.C27H22O2/c1-27-3-5-30(6-4-27)39(40)31-11-17-34(18-12-31)45-36-21-25-38(26-22-36)46(41,42)37-23-19-35(20-24-37)44-33-15-9-29(10-16-33)28-7-13-32(43-2)14-8-28;1-28-21-15-11-19(12-16-21)27(20-13-17-22(29-2)18-14-20)25-9-5-3-7-23(25)24-8-4-6-10-26(24)27/h3-26H,1-2H3;3-18H,1-2H3. The number of aryl methyl sites for hydroxylation is 1. The molecule has 0 saturated heterocycles. The largest absolute Gasteiger partial charge is 0.497 e. The fourth-order valence-corrected chi connectivity index (χ4v) is 10.8. The Morgan fingerprint density at radius 1 is 0.360 bits per heavy atom. The van der Waals surface area contributed by atoms with Gasteiger partial charge in [-0.25, -0.2) is 8.42 Å². The molecule has 0 spiro atoms. The molecule has 0 radical (unpaired) electrons. The first-order chi connectivity index (χ1) is 36.6. The molecule has 0 aromatic heterocycles. The highest BCUT2D eigenvalue weighted by atomic mass is 32.2. The Hall–Kier alpha value is -9.18. The van der Waals surface area contributed by atoms with Gasteiger partial charge in [0.25, 0.3) is 0 Å². The maximum absolute atomic E-state index is 13.3. The van der Waals surface area contributed by atoms with Crippen molar-refractivity contribution in [3.63, 3.8) is 0 Å². The molecule has 11 rings (SSSR count). The van der Waals surface area contributed by atoms with Gasteiger partial charge in [0.2, 0.25) is 9.84 Å². The van der Waals surface area contributed by atoms with Crippen molar-refractivity contribution < 1.29 is 36.9 Å². The van der Waals surface area contributed by atoms with Crippen LogP contribution in [-0.2, 0) is 15.3 Å². The summed E-state index contributed by atoms with van der Waals surface area (Å²) in [5.41, 5.74) is 11.6. The van der Waals surface area contributed by atoms with Crippen molar-refractivity contribution in [1.29, 1.82) is 0 Å². The summed E-state index contributed by atoms with van der Waals surface area (Å²) in [6.07, 6.45) is 0. The number of benzene rings is 10. The van der Waals surface area contributed by atoms with Crippen molar-refractivity contribution in [2.45, 2.75) is 22.1 Å². The van der Waals surface area contributed by atoms with Gasteiger partial charge >= 0.3 is 0 Å². The number of hydrogen-bond donors (Lipinski definition) is 0. The van der Waals surface area contributed by atoms with Gasteiger partial charge in [-0.05, 0) is 173 Å². The minimum atomic E-state index is -3.76. The van der Waals surface area contributed by atoms with Gasteiger partial charge in [-0.3, -0.25) is 4.79 Å². The van der Waals surface area contributed by atoms with E-state index >= 15 is 0 Å². The van der Waals surface area contributed by atoms with Crippen LogP contribution in [0.5, 0.6) is 40.2 Å². The van der Waals surface area contributed by atoms with Crippen molar-refractivity contribution in [2.75, 3.05) is 21.3 Å². The smallest absolute Gasteiger partial charge is 0.206 e. The van der Waals surface area contributed by atoms with E-state index in [0.717, 1.165) is 33.9 Å². The van der Waals surface area contributed by atoms with Crippen LogP contribution in [0.4, 0.5) is 0 Å². The zero-order chi connectivity index (χ0) is 51.9. The molecule has 1 aliphatic rings. The molecule has 0 N–H and O–H groups in total. The van der Waals surface area contributed by atoms with Crippen LogP contribution >= 0.6 is 0 Å². The Balaban J connectivity index is 0.000000189. The van der Waals surface area contributed by atoms with E-state index in [0.29, 0.717) is 34.1 Å². The van der Waals surface area contributed by atoms with Crippen LogP contribution in [0.25, 0.3) is 22.3 Å². The summed E-state index contributed by atoms with van der Waals surface area (Å²) in [6, 6.07) is 76.7. The van der Waals surface area contributed by atoms with E-state index < -0.39 is 9.84 Å². The van der Waals surface area contributed by atoms with Crippen molar-refractivity contribution in [1.82, 2.24) is 0 Å². The van der Waals surface area contributed by atoms with Gasteiger partial charge in [-0.15, -0.1) is 0 Å². The van der Waals surface area contributed by atoms with Crippen LogP contribution in [0.1, 0.15) is 43.7 Å². The number of methoxy groups -OCH3 is 3. The average molecular weight is 1010 g/mol. The normalized spacial score (nSPS) is 12.0. The summed E-state index contributed by atoms with van der Waals surface area (Å²) in [6.45, 7) is 1.97. The molecule has 0 saturated carbocycles. The minimum Gasteiger partial charge on any atom is -0.497 e. The molecule has 1 aliphatic carbocycles. The van der Waals surface area contributed by atoms with E-state index in [-0.39, 0.29) is 21.0 Å². The number of carbonyl (C=O) groups is 1. The molecule has 0 aliphatic heterocycles. The zero-order valence-corrected chi connectivity index (χ0v) is 42.6. The van der Waals surface area contributed by atoms with Gasteiger partial charge in [0.1, 0.15) is 40.2 Å². The number of carbonyl (C=O) groups excluding carboxylic acids is 1. The fourth-order valence-electron chi connectivity index (χ4n) is 9.53. The van der Waals surface area contributed by atoms with Crippen molar-refractivity contribution in [2.24, 2.45) is 0 Å². The van der Waals surface area contributed by atoms with Crippen LogP contribution in [0.2, 0.25) is 0 Å². The van der Waals surface area contributed by atoms with Crippen LogP contribution < -0.4 is 23.7 Å². The van der Waals surface area contributed by atoms with Crippen molar-refractivity contribution >= 4 is 15.6 Å². The van der Waals surface area contributed by atoms with Gasteiger partial charge in [-0.1, -0.05) is 127 Å². The second-order valence-electron chi connectivity index (χ2n) is 17.9.